The number of hydrogen-bond donors (Lipinski definition) is 2. The van der Waals surface area contributed by atoms with Gasteiger partial charge in [0.2, 0.25) is 10.0 Å². The van der Waals surface area contributed by atoms with E-state index in [0.29, 0.717) is 11.6 Å². The van der Waals surface area contributed by atoms with Crippen LogP contribution in [0.3, 0.4) is 0 Å². The summed E-state index contributed by atoms with van der Waals surface area (Å²) in [5.74, 6) is 0.404. The van der Waals surface area contributed by atoms with Gasteiger partial charge in [0.15, 0.2) is 0 Å². The first-order chi connectivity index (χ1) is 10.4. The summed E-state index contributed by atoms with van der Waals surface area (Å²) in [7, 11) is -3.28. The maximum atomic E-state index is 11.7. The molecule has 1 aromatic heterocycles. The quantitative estimate of drug-likeness (QED) is 0.858. The van der Waals surface area contributed by atoms with Crippen molar-refractivity contribution in [2.45, 2.75) is 20.8 Å². The summed E-state index contributed by atoms with van der Waals surface area (Å²) in [4.78, 5) is 7.16. The molecule has 0 unspecified atom stereocenters. The van der Waals surface area contributed by atoms with Crippen molar-refractivity contribution in [3.63, 3.8) is 0 Å². The van der Waals surface area contributed by atoms with Gasteiger partial charge in [0, 0.05) is 11.3 Å². The maximum absolute atomic E-state index is 11.7. The van der Waals surface area contributed by atoms with Crippen molar-refractivity contribution in [1.29, 1.82) is 0 Å². The number of hydrogen-bond acceptors (Lipinski definition) is 3. The van der Waals surface area contributed by atoms with Crippen LogP contribution >= 0.6 is 0 Å². The summed E-state index contributed by atoms with van der Waals surface area (Å²) in [5, 5.41) is 0. The zero-order valence-electron chi connectivity index (χ0n) is 13.0. The first-order valence-electron chi connectivity index (χ1n) is 7.23. The Morgan fingerprint density at radius 2 is 2.18 bits per heavy atom. The minimum atomic E-state index is -3.28. The van der Waals surface area contributed by atoms with E-state index in [9.17, 15) is 8.42 Å². The fraction of sp³-hybridized carbons (Fsp3) is 0.312. The van der Waals surface area contributed by atoms with Gasteiger partial charge in [-0.25, -0.2) is 13.4 Å². The largest absolute Gasteiger partial charge is 0.345 e. The number of H-pyrrole nitrogens is 1. The van der Waals surface area contributed by atoms with Crippen LogP contribution in [0.2, 0.25) is 0 Å². The Balaban J connectivity index is 2.42. The highest BCUT2D eigenvalue weighted by Gasteiger charge is 2.11. The molecule has 0 saturated carbocycles. The first-order valence-corrected chi connectivity index (χ1v) is 8.88. The van der Waals surface area contributed by atoms with Crippen LogP contribution in [0.5, 0.6) is 0 Å². The van der Waals surface area contributed by atoms with Crippen LogP contribution in [0, 0.1) is 5.92 Å². The second kappa shape index (κ2) is 6.79. The van der Waals surface area contributed by atoms with E-state index in [1.807, 2.05) is 18.2 Å². The molecule has 0 saturated heterocycles. The fourth-order valence-electron chi connectivity index (χ4n) is 2.08. The van der Waals surface area contributed by atoms with E-state index in [0.717, 1.165) is 16.8 Å². The predicted octanol–water partition coefficient (Wildman–Crippen LogP) is 3.26. The number of aromatic nitrogens is 2. The van der Waals surface area contributed by atoms with E-state index < -0.39 is 10.0 Å². The summed E-state index contributed by atoms with van der Waals surface area (Å²) in [6.07, 6.45) is 5.52. The van der Waals surface area contributed by atoms with Gasteiger partial charge < -0.3 is 4.98 Å². The molecule has 0 atom stereocenters. The number of nitrogens with zero attached hydrogens (tertiary/aromatic N) is 1. The molecule has 0 aliphatic heterocycles. The zero-order valence-corrected chi connectivity index (χ0v) is 13.8. The molecule has 6 heteroatoms. The lowest BCUT2D eigenvalue weighted by Gasteiger charge is -2.11. The smallest absolute Gasteiger partial charge is 0.232 e. The van der Waals surface area contributed by atoms with Crippen LogP contribution in [0.25, 0.3) is 5.57 Å². The number of nitrogens with one attached hydrogen (secondary N) is 2. The van der Waals surface area contributed by atoms with Crippen LogP contribution in [0.4, 0.5) is 5.69 Å². The van der Waals surface area contributed by atoms with Crippen LogP contribution in [-0.4, -0.2) is 24.1 Å². The Bertz CT molecular complexity index is 747. The Morgan fingerprint density at radius 1 is 1.41 bits per heavy atom. The van der Waals surface area contributed by atoms with Crippen molar-refractivity contribution in [2.75, 3.05) is 10.5 Å². The fourth-order valence-corrected chi connectivity index (χ4v) is 2.71. The van der Waals surface area contributed by atoms with Gasteiger partial charge in [-0.15, -0.1) is 0 Å². The third kappa shape index (κ3) is 4.21. The average molecular weight is 319 g/mol. The Labute approximate surface area is 131 Å². The monoisotopic (exact) mass is 319 g/mol. The molecule has 0 radical (unpaired) electrons. The number of rotatable bonds is 6. The number of sulfonamides is 1. The Morgan fingerprint density at radius 3 is 2.77 bits per heavy atom. The van der Waals surface area contributed by atoms with Gasteiger partial charge in [0.1, 0.15) is 0 Å². The molecule has 2 N–H and O–H groups in total. The topological polar surface area (TPSA) is 74.8 Å². The maximum Gasteiger partial charge on any atom is 0.232 e. The van der Waals surface area contributed by atoms with Gasteiger partial charge in [-0.2, -0.15) is 0 Å². The van der Waals surface area contributed by atoms with Crippen LogP contribution in [0.15, 0.2) is 42.9 Å². The van der Waals surface area contributed by atoms with Crippen molar-refractivity contribution in [3.8, 4) is 0 Å². The number of allylic oxidation sites excluding steroid dienone is 1. The summed E-state index contributed by atoms with van der Waals surface area (Å²) in [6.45, 7) is 5.81. The number of anilines is 1. The number of aromatic amines is 1. The molecule has 2 rings (SSSR count). The molecule has 1 aromatic carbocycles. The summed E-state index contributed by atoms with van der Waals surface area (Å²) in [5.41, 5.74) is 3.41. The highest BCUT2D eigenvalue weighted by molar-refractivity contribution is 7.92. The van der Waals surface area contributed by atoms with E-state index in [2.05, 4.69) is 34.6 Å². The lowest BCUT2D eigenvalue weighted by Crippen LogP contribution is -2.14. The average Bonchev–Trinajstić information content (AvgIpc) is 2.98. The molecule has 118 valence electrons. The van der Waals surface area contributed by atoms with Gasteiger partial charge in [-0.3, -0.25) is 4.72 Å². The second-order valence-electron chi connectivity index (χ2n) is 5.38. The number of imidazole rings is 1. The molecule has 1 heterocycles. The molecule has 0 spiro atoms. The van der Waals surface area contributed by atoms with Crippen molar-refractivity contribution >= 4 is 21.3 Å². The molecule has 2 aromatic rings. The minimum Gasteiger partial charge on any atom is -0.345 e. The molecule has 0 amide bonds. The molecule has 22 heavy (non-hydrogen) atoms. The van der Waals surface area contributed by atoms with Crippen LogP contribution in [0.1, 0.15) is 32.0 Å². The molecule has 0 aliphatic carbocycles. The first kappa shape index (κ1) is 16.3. The normalized spacial score (nSPS) is 12.6. The van der Waals surface area contributed by atoms with Gasteiger partial charge in [-0.05, 0) is 30.5 Å². The summed E-state index contributed by atoms with van der Waals surface area (Å²) in [6, 6.07) is 7.38. The zero-order chi connectivity index (χ0) is 16.2. The van der Waals surface area contributed by atoms with E-state index >= 15 is 0 Å². The standard InChI is InChI=1S/C16H21N3O2S/c1-4-22(20,21)19-14-7-5-6-13(9-14)15(8-12(2)3)16-10-17-11-18-16/h5-12,19H,4H2,1-3H3,(H,17,18). The third-order valence-corrected chi connectivity index (χ3v) is 4.42. The molecule has 0 aliphatic rings. The predicted molar refractivity (Wildman–Crippen MR) is 90.0 cm³/mol. The minimum absolute atomic E-state index is 0.0481. The van der Waals surface area contributed by atoms with E-state index in [1.165, 1.54) is 0 Å². The lowest BCUT2D eigenvalue weighted by molar-refractivity contribution is 0.602. The highest BCUT2D eigenvalue weighted by atomic mass is 32.2. The Kier molecular flexibility index (Phi) is 5.03. The van der Waals surface area contributed by atoms with Gasteiger partial charge in [0.05, 0.1) is 24.0 Å². The highest BCUT2D eigenvalue weighted by Crippen LogP contribution is 2.26. The van der Waals surface area contributed by atoms with Gasteiger partial charge in [0.25, 0.3) is 0 Å². The summed E-state index contributed by atoms with van der Waals surface area (Å²) >= 11 is 0. The molecule has 5 nitrogen and oxygen atoms in total. The molecule has 0 bridgehead atoms. The van der Waals surface area contributed by atoms with E-state index in [4.69, 9.17) is 0 Å². The molecular weight excluding hydrogens is 298 g/mol. The third-order valence-electron chi connectivity index (χ3n) is 3.12. The molecule has 0 fully saturated rings. The SMILES string of the molecule is CCS(=O)(=O)Nc1cccc(C(=CC(C)C)c2cnc[nH]2)c1. The van der Waals surface area contributed by atoms with Crippen molar-refractivity contribution < 1.29 is 8.42 Å². The lowest BCUT2D eigenvalue weighted by atomic mass is 9.99. The van der Waals surface area contributed by atoms with Gasteiger partial charge >= 0.3 is 0 Å². The van der Waals surface area contributed by atoms with E-state index in [-0.39, 0.29) is 5.75 Å². The Hall–Kier alpha value is -2.08. The molecular formula is C16H21N3O2S. The van der Waals surface area contributed by atoms with Crippen LogP contribution in [-0.2, 0) is 10.0 Å². The van der Waals surface area contributed by atoms with Gasteiger partial charge in [-0.1, -0.05) is 32.1 Å². The van der Waals surface area contributed by atoms with Crippen LogP contribution < -0.4 is 4.72 Å². The van der Waals surface area contributed by atoms with Crippen molar-refractivity contribution in [2.24, 2.45) is 5.92 Å². The van der Waals surface area contributed by atoms with Crippen molar-refractivity contribution in [3.05, 3.63) is 54.1 Å². The number of benzene rings is 1. The van der Waals surface area contributed by atoms with E-state index in [1.54, 1.807) is 25.5 Å². The summed E-state index contributed by atoms with van der Waals surface area (Å²) < 4.78 is 26.0. The second-order valence-corrected chi connectivity index (χ2v) is 7.39. The van der Waals surface area contributed by atoms with Crippen molar-refractivity contribution in [1.82, 2.24) is 9.97 Å².